The Bertz CT molecular complexity index is 309. The lowest BCUT2D eigenvalue weighted by atomic mass is 9.64. The quantitative estimate of drug-likeness (QED) is 0.577. The Hall–Kier alpha value is -0.570. The van der Waals surface area contributed by atoms with Gasteiger partial charge in [0.05, 0.1) is 5.71 Å². The summed E-state index contributed by atoms with van der Waals surface area (Å²) in [6, 6.07) is 0. The van der Waals surface area contributed by atoms with E-state index < -0.39 is 0 Å². The Labute approximate surface area is 98.5 Å². The van der Waals surface area contributed by atoms with Crippen molar-refractivity contribution in [2.24, 2.45) is 34.2 Å². The van der Waals surface area contributed by atoms with Crippen LogP contribution in [-0.4, -0.2) is 36.5 Å². The normalized spacial score (nSPS) is 43.5. The minimum Gasteiger partial charge on any atom is -0.411 e. The van der Waals surface area contributed by atoms with Gasteiger partial charge in [-0.05, 0) is 37.8 Å². The first kappa shape index (κ1) is 11.9. The second kappa shape index (κ2) is 3.73. The Morgan fingerprint density at radius 3 is 2.56 bits per heavy atom. The summed E-state index contributed by atoms with van der Waals surface area (Å²) in [6.45, 7) is 8.07. The van der Waals surface area contributed by atoms with Gasteiger partial charge in [0, 0.05) is 18.4 Å². The minimum absolute atomic E-state index is 0.388. The maximum atomic E-state index is 9.23. The molecule has 0 spiro atoms. The number of nitrogens with zero attached hydrogens (tertiary/aromatic N) is 2. The summed E-state index contributed by atoms with van der Waals surface area (Å²) < 4.78 is 0. The topological polar surface area (TPSA) is 35.8 Å². The molecule has 2 aliphatic carbocycles. The van der Waals surface area contributed by atoms with Crippen LogP contribution in [0.2, 0.25) is 0 Å². The molecule has 92 valence electrons. The Balaban J connectivity index is 2.27. The SMILES string of the molecule is CC1C2CC([C@H](CN(C)C)/C2=N/O)C1(C)C. The van der Waals surface area contributed by atoms with Gasteiger partial charge in [0.15, 0.2) is 0 Å². The van der Waals surface area contributed by atoms with Crippen molar-refractivity contribution >= 4 is 5.71 Å². The summed E-state index contributed by atoms with van der Waals surface area (Å²) in [5.74, 6) is 2.29. The average molecular weight is 224 g/mol. The van der Waals surface area contributed by atoms with Gasteiger partial charge in [0.1, 0.15) is 0 Å². The summed E-state index contributed by atoms with van der Waals surface area (Å²) in [6.07, 6.45) is 1.21. The molecule has 16 heavy (non-hydrogen) atoms. The summed E-state index contributed by atoms with van der Waals surface area (Å²) in [5, 5.41) is 12.8. The molecule has 2 aliphatic rings. The molecule has 2 fully saturated rings. The zero-order valence-electron chi connectivity index (χ0n) is 11.1. The van der Waals surface area contributed by atoms with E-state index in [1.54, 1.807) is 0 Å². The van der Waals surface area contributed by atoms with Gasteiger partial charge in [-0.25, -0.2) is 0 Å². The number of hydrogen-bond acceptors (Lipinski definition) is 3. The van der Waals surface area contributed by atoms with Crippen LogP contribution in [0, 0.1) is 29.1 Å². The van der Waals surface area contributed by atoms with Gasteiger partial charge < -0.3 is 10.1 Å². The van der Waals surface area contributed by atoms with Crippen molar-refractivity contribution < 1.29 is 5.21 Å². The van der Waals surface area contributed by atoms with Gasteiger partial charge in [-0.2, -0.15) is 0 Å². The molecule has 3 unspecified atom stereocenters. The van der Waals surface area contributed by atoms with Gasteiger partial charge in [-0.3, -0.25) is 0 Å². The van der Waals surface area contributed by atoms with Crippen LogP contribution in [0.1, 0.15) is 27.2 Å². The maximum Gasteiger partial charge on any atom is 0.0651 e. The third-order valence-electron chi connectivity index (χ3n) is 5.16. The largest absolute Gasteiger partial charge is 0.411 e. The van der Waals surface area contributed by atoms with Gasteiger partial charge in [0.25, 0.3) is 0 Å². The van der Waals surface area contributed by atoms with Gasteiger partial charge >= 0.3 is 0 Å². The Morgan fingerprint density at radius 1 is 1.44 bits per heavy atom. The molecule has 1 N–H and O–H groups in total. The second-order valence-electron chi connectivity index (χ2n) is 6.45. The summed E-state index contributed by atoms with van der Waals surface area (Å²) >= 11 is 0. The van der Waals surface area contributed by atoms with Crippen molar-refractivity contribution in [1.82, 2.24) is 4.90 Å². The van der Waals surface area contributed by atoms with Gasteiger partial charge in [0.2, 0.25) is 0 Å². The molecule has 0 heterocycles. The van der Waals surface area contributed by atoms with Crippen LogP contribution >= 0.6 is 0 Å². The minimum atomic E-state index is 0.388. The first-order chi connectivity index (χ1) is 7.39. The van der Waals surface area contributed by atoms with Crippen molar-refractivity contribution in [2.75, 3.05) is 20.6 Å². The van der Waals surface area contributed by atoms with Crippen molar-refractivity contribution in [2.45, 2.75) is 27.2 Å². The van der Waals surface area contributed by atoms with Crippen LogP contribution in [0.4, 0.5) is 0 Å². The van der Waals surface area contributed by atoms with Crippen molar-refractivity contribution in [1.29, 1.82) is 0 Å². The van der Waals surface area contributed by atoms with Crippen molar-refractivity contribution in [3.8, 4) is 0 Å². The number of hydrogen-bond donors (Lipinski definition) is 1. The van der Waals surface area contributed by atoms with Gasteiger partial charge in [-0.1, -0.05) is 25.9 Å². The molecule has 2 bridgehead atoms. The summed E-state index contributed by atoms with van der Waals surface area (Å²) in [4.78, 5) is 2.21. The lowest BCUT2D eigenvalue weighted by Gasteiger charge is -2.41. The van der Waals surface area contributed by atoms with E-state index in [2.05, 4.69) is 44.9 Å². The lowest BCUT2D eigenvalue weighted by Crippen LogP contribution is -2.43. The molecule has 0 aromatic heterocycles. The Kier molecular flexibility index (Phi) is 2.77. The zero-order chi connectivity index (χ0) is 12.1. The molecule has 3 heteroatoms. The van der Waals surface area contributed by atoms with Crippen LogP contribution in [0.15, 0.2) is 5.16 Å². The van der Waals surface area contributed by atoms with Gasteiger partial charge in [-0.15, -0.1) is 0 Å². The van der Waals surface area contributed by atoms with E-state index >= 15 is 0 Å². The van der Waals surface area contributed by atoms with Crippen LogP contribution in [0.5, 0.6) is 0 Å². The fraction of sp³-hybridized carbons (Fsp3) is 0.923. The van der Waals surface area contributed by atoms with E-state index in [4.69, 9.17) is 0 Å². The monoisotopic (exact) mass is 224 g/mol. The number of fused-ring (bicyclic) bond motifs is 2. The Morgan fingerprint density at radius 2 is 2.06 bits per heavy atom. The number of rotatable bonds is 2. The molecule has 0 amide bonds. The van der Waals surface area contributed by atoms with E-state index in [1.807, 2.05) is 0 Å². The maximum absolute atomic E-state index is 9.23. The van der Waals surface area contributed by atoms with Crippen LogP contribution in [-0.2, 0) is 0 Å². The molecule has 4 atom stereocenters. The zero-order valence-corrected chi connectivity index (χ0v) is 11.1. The average Bonchev–Trinajstić information content (AvgIpc) is 2.63. The fourth-order valence-electron chi connectivity index (χ4n) is 3.94. The summed E-state index contributed by atoms with van der Waals surface area (Å²) in [5.41, 5.74) is 1.45. The van der Waals surface area contributed by atoms with Crippen LogP contribution < -0.4 is 0 Å². The molecule has 0 aromatic carbocycles. The fourth-order valence-corrected chi connectivity index (χ4v) is 3.94. The molecule has 3 nitrogen and oxygen atoms in total. The number of oxime groups is 1. The van der Waals surface area contributed by atoms with Crippen molar-refractivity contribution in [3.05, 3.63) is 0 Å². The highest BCUT2D eigenvalue weighted by Crippen LogP contribution is 2.60. The molecular formula is C13H24N2O. The highest BCUT2D eigenvalue weighted by molar-refractivity contribution is 5.92. The highest BCUT2D eigenvalue weighted by atomic mass is 16.4. The molecule has 0 saturated heterocycles. The van der Waals surface area contributed by atoms with Crippen LogP contribution in [0.25, 0.3) is 0 Å². The van der Waals surface area contributed by atoms with E-state index in [9.17, 15) is 5.21 Å². The molecule has 0 radical (unpaired) electrons. The predicted octanol–water partition coefficient (Wildman–Crippen LogP) is 2.31. The van der Waals surface area contributed by atoms with Crippen molar-refractivity contribution in [3.63, 3.8) is 0 Å². The highest BCUT2D eigenvalue weighted by Gasteiger charge is 2.58. The predicted molar refractivity (Wildman–Crippen MR) is 65.8 cm³/mol. The smallest absolute Gasteiger partial charge is 0.0651 e. The van der Waals surface area contributed by atoms with Crippen LogP contribution in [0.3, 0.4) is 0 Å². The van der Waals surface area contributed by atoms with E-state index in [1.165, 1.54) is 6.42 Å². The first-order valence-electron chi connectivity index (χ1n) is 6.26. The van der Waals surface area contributed by atoms with E-state index in [0.717, 1.165) is 12.3 Å². The molecular weight excluding hydrogens is 200 g/mol. The summed E-state index contributed by atoms with van der Waals surface area (Å²) in [7, 11) is 4.19. The third kappa shape index (κ3) is 1.48. The molecule has 0 aromatic rings. The first-order valence-corrected chi connectivity index (χ1v) is 6.26. The van der Waals surface area contributed by atoms with E-state index in [0.29, 0.717) is 29.1 Å². The lowest BCUT2D eigenvalue weighted by molar-refractivity contribution is 0.128. The molecule has 2 rings (SSSR count). The second-order valence-corrected chi connectivity index (χ2v) is 6.45. The molecule has 2 saturated carbocycles. The van der Waals surface area contributed by atoms with E-state index in [-0.39, 0.29) is 0 Å². The molecule has 0 aliphatic heterocycles. The standard InChI is InChI=1S/C13H24N2O/c1-8-9-6-11(13(8,2)3)10(7-15(4)5)12(9)14-16/h8-11,16H,6-7H2,1-5H3/b14-12+/t8?,9?,10-,11?/m0/s1. The third-order valence-corrected chi connectivity index (χ3v) is 5.16.